The van der Waals surface area contributed by atoms with Gasteiger partial charge in [0.2, 0.25) is 0 Å². The quantitative estimate of drug-likeness (QED) is 0.280. The van der Waals surface area contributed by atoms with Gasteiger partial charge in [0.15, 0.2) is 11.5 Å². The van der Waals surface area contributed by atoms with Gasteiger partial charge in [-0.2, -0.15) is 0 Å². The molecule has 9 heteroatoms. The Morgan fingerprint density at radius 3 is 2.25 bits per heavy atom. The fourth-order valence-corrected chi connectivity index (χ4v) is 5.03. The highest BCUT2D eigenvalue weighted by Crippen LogP contribution is 2.35. The lowest BCUT2D eigenvalue weighted by atomic mass is 10.1. The van der Waals surface area contributed by atoms with Crippen molar-refractivity contribution >= 4 is 34.1 Å². The molecule has 2 N–H and O–H groups in total. The fourth-order valence-electron chi connectivity index (χ4n) is 5.03. The molecule has 1 fully saturated rings. The van der Waals surface area contributed by atoms with E-state index >= 15 is 0 Å². The Bertz CT molecular complexity index is 1510. The van der Waals surface area contributed by atoms with E-state index in [0.717, 1.165) is 57.6 Å². The number of rotatable bonds is 7. The predicted octanol–water partition coefficient (Wildman–Crippen LogP) is 6.39. The zero-order chi connectivity index (χ0) is 28.2. The number of para-hydroxylation sites is 1. The van der Waals surface area contributed by atoms with Crippen LogP contribution in [0.4, 0.5) is 22.0 Å². The Hall–Kier alpha value is -4.53. The van der Waals surface area contributed by atoms with Gasteiger partial charge in [-0.1, -0.05) is 18.2 Å². The summed E-state index contributed by atoms with van der Waals surface area (Å²) < 4.78 is 17.2. The molecule has 2 heterocycles. The maximum Gasteiger partial charge on any atom is 0.321 e. The van der Waals surface area contributed by atoms with Crippen LogP contribution in [0, 0.1) is 20.8 Å². The van der Waals surface area contributed by atoms with Gasteiger partial charge in [0, 0.05) is 48.8 Å². The van der Waals surface area contributed by atoms with Crippen LogP contribution in [-0.2, 0) is 0 Å². The second-order valence-corrected chi connectivity index (χ2v) is 10.1. The van der Waals surface area contributed by atoms with Crippen molar-refractivity contribution in [1.29, 1.82) is 0 Å². The molecule has 1 aromatic heterocycles. The minimum absolute atomic E-state index is 0.0509. The van der Waals surface area contributed by atoms with Gasteiger partial charge >= 0.3 is 6.03 Å². The summed E-state index contributed by atoms with van der Waals surface area (Å²) >= 11 is 0. The van der Waals surface area contributed by atoms with E-state index in [9.17, 15) is 4.79 Å². The van der Waals surface area contributed by atoms with E-state index in [4.69, 9.17) is 14.2 Å². The van der Waals surface area contributed by atoms with Crippen LogP contribution < -0.4 is 24.8 Å². The van der Waals surface area contributed by atoms with E-state index in [1.165, 1.54) is 6.33 Å². The first-order valence-electron chi connectivity index (χ1n) is 13.4. The van der Waals surface area contributed by atoms with Crippen molar-refractivity contribution in [1.82, 2.24) is 14.9 Å². The van der Waals surface area contributed by atoms with Gasteiger partial charge in [0.25, 0.3) is 0 Å². The number of ether oxygens (including phenoxy) is 3. The standard InChI is InChI=1S/C31H35N5O4/c1-19-7-6-8-20(2)29(19)35-31(37)36-13-11-23(12-14-36)40-26-10-9-22(15-21(26)3)34-30-24-16-27(38-4)28(39-5)17-25(24)32-18-33-30/h6-10,15-18,23H,11-14H2,1-5H3,(H,35,37)(H,32,33,34). The van der Waals surface area contributed by atoms with Gasteiger partial charge in [0.1, 0.15) is 24.0 Å². The van der Waals surface area contributed by atoms with Crippen LogP contribution in [0.1, 0.15) is 29.5 Å². The average Bonchev–Trinajstić information content (AvgIpc) is 2.96. The van der Waals surface area contributed by atoms with Gasteiger partial charge in [-0.25, -0.2) is 14.8 Å². The fraction of sp³-hybridized carbons (Fsp3) is 0.323. The number of fused-ring (bicyclic) bond motifs is 1. The zero-order valence-corrected chi connectivity index (χ0v) is 23.6. The van der Waals surface area contributed by atoms with Crippen LogP contribution in [0.3, 0.4) is 0 Å². The number of nitrogens with zero attached hydrogens (tertiary/aromatic N) is 3. The monoisotopic (exact) mass is 541 g/mol. The van der Waals surface area contributed by atoms with Crippen LogP contribution in [0.5, 0.6) is 17.2 Å². The number of carbonyl (C=O) groups is 1. The van der Waals surface area contributed by atoms with Gasteiger partial charge < -0.3 is 29.7 Å². The van der Waals surface area contributed by atoms with Gasteiger partial charge in [0.05, 0.1) is 19.7 Å². The average molecular weight is 542 g/mol. The van der Waals surface area contributed by atoms with E-state index in [0.29, 0.717) is 30.4 Å². The van der Waals surface area contributed by atoms with E-state index in [-0.39, 0.29) is 12.1 Å². The van der Waals surface area contributed by atoms with Crippen molar-refractivity contribution in [2.24, 2.45) is 0 Å². The number of urea groups is 1. The maximum absolute atomic E-state index is 12.9. The molecule has 0 aliphatic carbocycles. The molecule has 0 radical (unpaired) electrons. The predicted molar refractivity (Wildman–Crippen MR) is 157 cm³/mol. The number of methoxy groups -OCH3 is 2. The van der Waals surface area contributed by atoms with E-state index in [1.54, 1.807) is 14.2 Å². The normalized spacial score (nSPS) is 13.7. The molecule has 40 heavy (non-hydrogen) atoms. The number of aryl methyl sites for hydroxylation is 3. The lowest BCUT2D eigenvalue weighted by Gasteiger charge is -2.32. The zero-order valence-electron chi connectivity index (χ0n) is 23.6. The number of piperidine rings is 1. The Kier molecular flexibility index (Phi) is 7.91. The Morgan fingerprint density at radius 1 is 0.875 bits per heavy atom. The first-order valence-corrected chi connectivity index (χ1v) is 13.4. The lowest BCUT2D eigenvalue weighted by molar-refractivity contribution is 0.115. The molecule has 4 aromatic rings. The number of nitrogens with one attached hydrogen (secondary N) is 2. The molecule has 1 aliphatic heterocycles. The minimum atomic E-state index is -0.0595. The number of amides is 2. The van der Waals surface area contributed by atoms with Crippen molar-refractivity contribution in [2.45, 2.75) is 39.7 Å². The Balaban J connectivity index is 1.21. The summed E-state index contributed by atoms with van der Waals surface area (Å²) in [5.74, 6) is 2.74. The highest BCUT2D eigenvalue weighted by Gasteiger charge is 2.25. The molecular formula is C31H35N5O4. The maximum atomic E-state index is 12.9. The van der Waals surface area contributed by atoms with Crippen molar-refractivity contribution < 1.29 is 19.0 Å². The highest BCUT2D eigenvalue weighted by molar-refractivity contribution is 5.93. The Morgan fingerprint density at radius 2 is 1.57 bits per heavy atom. The number of hydrogen-bond donors (Lipinski definition) is 2. The molecule has 1 saturated heterocycles. The van der Waals surface area contributed by atoms with E-state index in [2.05, 4.69) is 20.6 Å². The van der Waals surface area contributed by atoms with Gasteiger partial charge in [-0.15, -0.1) is 0 Å². The molecule has 0 spiro atoms. The molecule has 1 aliphatic rings. The lowest BCUT2D eigenvalue weighted by Crippen LogP contribution is -2.44. The van der Waals surface area contributed by atoms with Gasteiger partial charge in [-0.3, -0.25) is 0 Å². The first-order chi connectivity index (χ1) is 19.4. The van der Waals surface area contributed by atoms with Crippen LogP contribution in [0.15, 0.2) is 54.9 Å². The van der Waals surface area contributed by atoms with Crippen molar-refractivity contribution in [2.75, 3.05) is 37.9 Å². The minimum Gasteiger partial charge on any atom is -0.493 e. The highest BCUT2D eigenvalue weighted by atomic mass is 16.5. The third-order valence-electron chi connectivity index (χ3n) is 7.31. The SMILES string of the molecule is COc1cc2ncnc(Nc3ccc(OC4CCN(C(=O)Nc5c(C)cccc5C)CC4)c(C)c3)c2cc1OC. The summed E-state index contributed by atoms with van der Waals surface area (Å²) in [6.45, 7) is 7.34. The molecule has 5 rings (SSSR count). The number of benzene rings is 3. The van der Waals surface area contributed by atoms with E-state index in [1.807, 2.05) is 74.2 Å². The summed E-state index contributed by atoms with van der Waals surface area (Å²) in [6.07, 6.45) is 3.13. The number of aromatic nitrogens is 2. The third kappa shape index (κ3) is 5.73. The third-order valence-corrected chi connectivity index (χ3v) is 7.31. The number of carbonyl (C=O) groups excluding carboxylic acids is 1. The molecule has 208 valence electrons. The molecule has 0 atom stereocenters. The molecule has 3 aromatic carbocycles. The van der Waals surface area contributed by atoms with Crippen molar-refractivity contribution in [3.05, 3.63) is 71.5 Å². The van der Waals surface area contributed by atoms with Crippen molar-refractivity contribution in [3.8, 4) is 17.2 Å². The first kappa shape index (κ1) is 27.1. The van der Waals surface area contributed by atoms with Crippen LogP contribution >= 0.6 is 0 Å². The summed E-state index contributed by atoms with van der Waals surface area (Å²) in [6, 6.07) is 15.7. The summed E-state index contributed by atoms with van der Waals surface area (Å²) in [7, 11) is 3.21. The molecule has 0 unspecified atom stereocenters. The van der Waals surface area contributed by atoms with Crippen molar-refractivity contribution in [3.63, 3.8) is 0 Å². The second-order valence-electron chi connectivity index (χ2n) is 10.1. The molecule has 9 nitrogen and oxygen atoms in total. The smallest absolute Gasteiger partial charge is 0.321 e. The molecule has 0 saturated carbocycles. The summed E-state index contributed by atoms with van der Waals surface area (Å²) in [5.41, 5.74) is 5.67. The molecule has 2 amide bonds. The number of likely N-dealkylation sites (tertiary alicyclic amines) is 1. The van der Waals surface area contributed by atoms with E-state index < -0.39 is 0 Å². The van der Waals surface area contributed by atoms with Gasteiger partial charge in [-0.05, 0) is 61.7 Å². The summed E-state index contributed by atoms with van der Waals surface area (Å²) in [4.78, 5) is 23.6. The van der Waals surface area contributed by atoms with Crippen LogP contribution in [0.25, 0.3) is 10.9 Å². The topological polar surface area (TPSA) is 97.8 Å². The molecule has 0 bridgehead atoms. The Labute approximate surface area is 234 Å². The van der Waals surface area contributed by atoms with Crippen LogP contribution in [-0.4, -0.2) is 54.3 Å². The van der Waals surface area contributed by atoms with Crippen LogP contribution in [0.2, 0.25) is 0 Å². The largest absolute Gasteiger partial charge is 0.493 e. The summed E-state index contributed by atoms with van der Waals surface area (Å²) in [5, 5.41) is 7.31. The number of anilines is 3. The number of hydrogen-bond acceptors (Lipinski definition) is 7. The second kappa shape index (κ2) is 11.7. The molecular weight excluding hydrogens is 506 g/mol.